The number of benzene rings is 2. The Hall–Kier alpha value is -3.45. The van der Waals surface area contributed by atoms with Gasteiger partial charge in [0.15, 0.2) is 4.77 Å². The van der Waals surface area contributed by atoms with Gasteiger partial charge in [-0.2, -0.15) is 5.11 Å². The van der Waals surface area contributed by atoms with Gasteiger partial charge in [0.05, 0.1) is 22.5 Å². The van der Waals surface area contributed by atoms with Crippen molar-refractivity contribution in [3.63, 3.8) is 0 Å². The van der Waals surface area contributed by atoms with Crippen molar-refractivity contribution in [3.8, 4) is 5.69 Å². The zero-order valence-corrected chi connectivity index (χ0v) is 16.2. The zero-order valence-electron chi connectivity index (χ0n) is 15.4. The monoisotopic (exact) mass is 387 g/mol. The number of H-pyrrole nitrogens is 1. The van der Waals surface area contributed by atoms with E-state index < -0.39 is 0 Å². The Morgan fingerprint density at radius 2 is 1.61 bits per heavy atom. The van der Waals surface area contributed by atoms with Crippen molar-refractivity contribution >= 4 is 34.6 Å². The van der Waals surface area contributed by atoms with E-state index in [0.29, 0.717) is 38.4 Å². The summed E-state index contributed by atoms with van der Waals surface area (Å²) in [6, 6.07) is 18.7. The van der Waals surface area contributed by atoms with E-state index in [1.807, 2.05) is 74.5 Å². The molecule has 0 saturated heterocycles. The SMILES string of the molecule is Cc1nc2[nH]c(=S)n(-c3ccccc3)c(=O)c2c(C)c1N=Nc1ccccc1. The van der Waals surface area contributed by atoms with Gasteiger partial charge >= 0.3 is 0 Å². The van der Waals surface area contributed by atoms with Crippen LogP contribution >= 0.6 is 12.2 Å². The first-order valence-corrected chi connectivity index (χ1v) is 9.15. The highest BCUT2D eigenvalue weighted by Crippen LogP contribution is 2.28. The third-order valence-corrected chi connectivity index (χ3v) is 4.76. The number of nitrogens with zero attached hydrogens (tertiary/aromatic N) is 4. The highest BCUT2D eigenvalue weighted by molar-refractivity contribution is 7.71. The number of azo groups is 1. The Balaban J connectivity index is 1.96. The Morgan fingerprint density at radius 1 is 0.964 bits per heavy atom. The summed E-state index contributed by atoms with van der Waals surface area (Å²) < 4.78 is 1.77. The van der Waals surface area contributed by atoms with Crippen molar-refractivity contribution in [1.82, 2.24) is 14.5 Å². The second kappa shape index (κ2) is 7.28. The van der Waals surface area contributed by atoms with Gasteiger partial charge in [0.1, 0.15) is 11.3 Å². The lowest BCUT2D eigenvalue weighted by Gasteiger charge is -2.11. The van der Waals surface area contributed by atoms with Crippen LogP contribution in [0.1, 0.15) is 11.3 Å². The molecule has 2 heterocycles. The molecule has 0 saturated carbocycles. The summed E-state index contributed by atoms with van der Waals surface area (Å²) in [5, 5.41) is 9.09. The van der Waals surface area contributed by atoms with E-state index >= 15 is 0 Å². The number of aromatic amines is 1. The highest BCUT2D eigenvalue weighted by Gasteiger charge is 2.16. The molecule has 4 aromatic rings. The van der Waals surface area contributed by atoms with Crippen LogP contribution in [0.3, 0.4) is 0 Å². The molecule has 28 heavy (non-hydrogen) atoms. The highest BCUT2D eigenvalue weighted by atomic mass is 32.1. The molecular weight excluding hydrogens is 370 g/mol. The molecule has 0 unspecified atom stereocenters. The summed E-state index contributed by atoms with van der Waals surface area (Å²) in [5.74, 6) is 0. The number of pyridine rings is 1. The molecule has 0 spiro atoms. The molecule has 0 aliphatic heterocycles. The minimum absolute atomic E-state index is 0.230. The Kier molecular flexibility index (Phi) is 4.67. The van der Waals surface area contributed by atoms with E-state index in [9.17, 15) is 4.79 Å². The van der Waals surface area contributed by atoms with E-state index in [1.54, 1.807) is 0 Å². The predicted octanol–water partition coefficient (Wildman–Crippen LogP) is 5.48. The summed E-state index contributed by atoms with van der Waals surface area (Å²) >= 11 is 5.41. The van der Waals surface area contributed by atoms with Crippen LogP contribution in [0, 0.1) is 18.6 Å². The molecule has 0 amide bonds. The quantitative estimate of drug-likeness (QED) is 0.374. The molecule has 6 nitrogen and oxygen atoms in total. The molecular formula is C21H17N5OS. The maximum absolute atomic E-state index is 13.3. The van der Waals surface area contributed by atoms with Gasteiger partial charge in [-0.1, -0.05) is 36.4 Å². The molecule has 7 heteroatoms. The van der Waals surface area contributed by atoms with Crippen molar-refractivity contribution < 1.29 is 0 Å². The Morgan fingerprint density at radius 3 is 2.29 bits per heavy atom. The minimum atomic E-state index is -0.230. The minimum Gasteiger partial charge on any atom is -0.316 e. The van der Waals surface area contributed by atoms with Gasteiger partial charge in [-0.05, 0) is 55.9 Å². The van der Waals surface area contributed by atoms with E-state index in [2.05, 4.69) is 20.2 Å². The van der Waals surface area contributed by atoms with Crippen LogP contribution < -0.4 is 5.56 Å². The van der Waals surface area contributed by atoms with Gasteiger partial charge in [0.2, 0.25) is 0 Å². The molecule has 2 aromatic heterocycles. The van der Waals surface area contributed by atoms with Gasteiger partial charge in [-0.15, -0.1) is 5.11 Å². The number of aromatic nitrogens is 3. The maximum atomic E-state index is 13.3. The van der Waals surface area contributed by atoms with Gasteiger partial charge in [0.25, 0.3) is 5.56 Å². The van der Waals surface area contributed by atoms with Crippen LogP contribution in [0.25, 0.3) is 16.7 Å². The lowest BCUT2D eigenvalue weighted by Crippen LogP contribution is -2.22. The van der Waals surface area contributed by atoms with Crippen LogP contribution in [0.15, 0.2) is 75.7 Å². The zero-order chi connectivity index (χ0) is 19.7. The van der Waals surface area contributed by atoms with Crippen molar-refractivity contribution in [1.29, 1.82) is 0 Å². The average Bonchev–Trinajstić information content (AvgIpc) is 2.69. The molecule has 1 N–H and O–H groups in total. The molecule has 138 valence electrons. The van der Waals surface area contributed by atoms with Crippen molar-refractivity contribution in [3.05, 3.63) is 87.0 Å². The standard InChI is InChI=1S/C21H17N5OS/c1-13-17-19(22-14(2)18(13)25-24-15-9-5-3-6-10-15)23-21(28)26(20(17)27)16-11-7-4-8-12-16/h3-12H,1-2H3,(H,22,23,28). The van der Waals surface area contributed by atoms with E-state index in [4.69, 9.17) is 12.2 Å². The van der Waals surface area contributed by atoms with E-state index in [0.717, 1.165) is 5.69 Å². The largest absolute Gasteiger partial charge is 0.316 e. The fraction of sp³-hybridized carbons (Fsp3) is 0.0952. The molecule has 0 aliphatic carbocycles. The first-order chi connectivity index (χ1) is 13.6. The summed E-state index contributed by atoms with van der Waals surface area (Å²) in [6.07, 6.45) is 0. The number of aryl methyl sites for hydroxylation is 2. The molecule has 0 aliphatic rings. The van der Waals surface area contributed by atoms with Gasteiger partial charge < -0.3 is 4.98 Å². The lowest BCUT2D eigenvalue weighted by molar-refractivity contribution is 0.928. The molecule has 0 atom stereocenters. The smallest absolute Gasteiger partial charge is 0.268 e. The number of hydrogen-bond donors (Lipinski definition) is 1. The summed E-state index contributed by atoms with van der Waals surface area (Å²) in [6.45, 7) is 3.69. The second-order valence-corrected chi connectivity index (χ2v) is 6.72. The molecule has 0 radical (unpaired) electrons. The van der Waals surface area contributed by atoms with Gasteiger partial charge in [-0.25, -0.2) is 4.98 Å². The second-order valence-electron chi connectivity index (χ2n) is 6.34. The number of hydrogen-bond acceptors (Lipinski definition) is 5. The van der Waals surface area contributed by atoms with Crippen LogP contribution in [-0.2, 0) is 0 Å². The van der Waals surface area contributed by atoms with Crippen LogP contribution in [0.5, 0.6) is 0 Å². The number of nitrogens with one attached hydrogen (secondary N) is 1. The maximum Gasteiger partial charge on any atom is 0.268 e. The summed E-state index contributed by atoms with van der Waals surface area (Å²) in [4.78, 5) is 20.9. The molecule has 4 rings (SSSR count). The van der Waals surface area contributed by atoms with E-state index in [1.165, 1.54) is 4.57 Å². The van der Waals surface area contributed by atoms with Crippen molar-refractivity contribution in [2.24, 2.45) is 10.2 Å². The molecule has 0 bridgehead atoms. The summed E-state index contributed by atoms with van der Waals surface area (Å²) in [5.41, 5.74) is 3.62. The Bertz CT molecular complexity index is 1310. The molecule has 2 aromatic carbocycles. The lowest BCUT2D eigenvalue weighted by atomic mass is 10.1. The third-order valence-electron chi connectivity index (χ3n) is 4.47. The third kappa shape index (κ3) is 3.16. The number of para-hydroxylation sites is 1. The average molecular weight is 387 g/mol. The van der Waals surface area contributed by atoms with Crippen molar-refractivity contribution in [2.45, 2.75) is 13.8 Å². The first-order valence-electron chi connectivity index (χ1n) is 8.74. The number of fused-ring (bicyclic) bond motifs is 1. The van der Waals surface area contributed by atoms with E-state index in [-0.39, 0.29) is 5.56 Å². The van der Waals surface area contributed by atoms with Gasteiger partial charge in [0, 0.05) is 0 Å². The van der Waals surface area contributed by atoms with Crippen molar-refractivity contribution in [2.75, 3.05) is 0 Å². The predicted molar refractivity (Wildman–Crippen MR) is 113 cm³/mol. The Labute approximate surface area is 166 Å². The van der Waals surface area contributed by atoms with Crippen LogP contribution in [-0.4, -0.2) is 14.5 Å². The normalized spacial score (nSPS) is 11.4. The van der Waals surface area contributed by atoms with Crippen LogP contribution in [0.2, 0.25) is 0 Å². The topological polar surface area (TPSA) is 75.4 Å². The number of rotatable bonds is 3. The molecule has 0 fully saturated rings. The summed E-state index contributed by atoms with van der Waals surface area (Å²) in [7, 11) is 0. The first kappa shape index (κ1) is 17.9. The fourth-order valence-corrected chi connectivity index (χ4v) is 3.40. The van der Waals surface area contributed by atoms with Gasteiger partial charge in [-0.3, -0.25) is 9.36 Å². The fourth-order valence-electron chi connectivity index (χ4n) is 3.12. The van der Waals surface area contributed by atoms with Crippen LogP contribution in [0.4, 0.5) is 11.4 Å².